The summed E-state index contributed by atoms with van der Waals surface area (Å²) in [5, 5.41) is 50.7. The molecule has 7 unspecified atom stereocenters. The summed E-state index contributed by atoms with van der Waals surface area (Å²) in [5.41, 5.74) is -13.2. The molecule has 3 aliphatic rings. The normalized spacial score (nSPS) is 24.6. The van der Waals surface area contributed by atoms with E-state index in [2.05, 4.69) is 48.5 Å². The fourth-order valence-corrected chi connectivity index (χ4v) is 11.5. The van der Waals surface area contributed by atoms with Crippen LogP contribution < -0.4 is 0 Å². The number of halogens is 15. The molecule has 2 fully saturated rings. The molecule has 500 valence electrons. The highest BCUT2D eigenvalue weighted by Crippen LogP contribution is 2.57. The maximum Gasteiger partial charge on any atom is 0.421 e. The summed E-state index contributed by atoms with van der Waals surface area (Å²) in [4.78, 5) is 12.3. The number of aliphatic hydroxyl groups is 5. The molecule has 7 atom stereocenters. The van der Waals surface area contributed by atoms with E-state index in [-0.39, 0.29) is 32.8 Å². The third-order valence-electron chi connectivity index (χ3n) is 20.9. The van der Waals surface area contributed by atoms with Crippen molar-refractivity contribution in [2.45, 2.75) is 270 Å². The Balaban J connectivity index is 0.000000309. The smallest absolute Gasteiger partial charge is 0.421 e. The zero-order valence-corrected chi connectivity index (χ0v) is 53.4. The number of carbonyl (C=O) groups excluding carboxylic acids is 1. The molecule has 87 heavy (non-hydrogen) atoms. The van der Waals surface area contributed by atoms with E-state index in [1.165, 1.54) is 18.2 Å². The molecule has 0 saturated heterocycles. The van der Waals surface area contributed by atoms with Gasteiger partial charge >= 0.3 is 36.9 Å². The van der Waals surface area contributed by atoms with Gasteiger partial charge in [-0.05, 0) is 173 Å². The van der Waals surface area contributed by atoms with E-state index >= 15 is 0 Å². The van der Waals surface area contributed by atoms with Gasteiger partial charge < -0.3 is 30.3 Å². The number of hydrogen-bond acceptors (Lipinski definition) is 7. The molecule has 6 rings (SSSR count). The quantitative estimate of drug-likeness (QED) is 0.0903. The molecule has 0 aliphatic heterocycles. The minimum absolute atomic E-state index is 0.0807. The molecule has 0 radical (unpaired) electrons. The minimum Gasteiger partial charge on any atom is -0.462 e. The third kappa shape index (κ3) is 15.9. The van der Waals surface area contributed by atoms with Gasteiger partial charge in [-0.1, -0.05) is 137 Å². The van der Waals surface area contributed by atoms with E-state index in [1.807, 2.05) is 26.8 Å². The first-order valence-corrected chi connectivity index (χ1v) is 29.5. The van der Waals surface area contributed by atoms with Crippen molar-refractivity contribution >= 4 is 16.7 Å². The van der Waals surface area contributed by atoms with E-state index in [4.69, 9.17) is 4.74 Å². The largest absolute Gasteiger partial charge is 0.462 e. The summed E-state index contributed by atoms with van der Waals surface area (Å²) in [5.74, 6) is -4.29. The first-order valence-electron chi connectivity index (χ1n) is 29.5. The molecular weight excluding hydrogens is 1180 g/mol. The number of hydrogen-bond donors (Lipinski definition) is 5. The van der Waals surface area contributed by atoms with E-state index in [0.717, 1.165) is 68.5 Å². The highest BCUT2D eigenvalue weighted by molar-refractivity contribution is 5.96. The van der Waals surface area contributed by atoms with Crippen molar-refractivity contribution in [2.24, 2.45) is 34.5 Å². The molecule has 0 bridgehead atoms. The molecule has 3 aliphatic carbocycles. The van der Waals surface area contributed by atoms with Crippen LogP contribution in [0.15, 0.2) is 54.6 Å². The van der Waals surface area contributed by atoms with Gasteiger partial charge in [-0.3, -0.25) is 4.79 Å². The predicted octanol–water partition coefficient (Wildman–Crippen LogP) is 18.2. The molecule has 0 heterocycles. The van der Waals surface area contributed by atoms with Crippen LogP contribution in [0.1, 0.15) is 217 Å². The number of benzene rings is 3. The molecule has 3 aromatic rings. The second-order valence-electron chi connectivity index (χ2n) is 28.3. The van der Waals surface area contributed by atoms with Crippen LogP contribution in [0.2, 0.25) is 0 Å². The van der Waals surface area contributed by atoms with Crippen molar-refractivity contribution in [3.05, 3.63) is 82.4 Å². The number of rotatable bonds is 12. The Morgan fingerprint density at radius 2 is 0.839 bits per heavy atom. The highest BCUT2D eigenvalue weighted by atomic mass is 19.4. The number of carbonyl (C=O) groups is 1. The molecule has 22 heteroatoms. The standard InChI is InChI=1S/C19H21F3O.C18H28F6O4.C14H25F3O.C14H19F3O/c1-16(2)13-8-6-7-11-12(18(5,23)19(20,21)22)9-10-14(15(11)13)17(16,3)4;1-6-14(2,3)13(25)28-12-8-10(15(4,26)17(19,20)21)7-11(9-12)16(5,27)18(22,23)24;2*1-5-12(2,3)10-6-8-11(9-7-10)13(4,18)14(15,16)17/h6-10,23H,1-5H3;10-12,26-27H,6-9H2,1-5H3;10-11,18H,5-9H2,1-4H3;6-9,18H,5H2,1-4H3. The van der Waals surface area contributed by atoms with Crippen LogP contribution in [0, 0.1) is 34.5 Å². The van der Waals surface area contributed by atoms with Gasteiger partial charge in [0, 0.05) is 17.4 Å². The van der Waals surface area contributed by atoms with Crippen LogP contribution in [0.25, 0.3) is 10.8 Å². The van der Waals surface area contributed by atoms with Gasteiger partial charge in [0.2, 0.25) is 0 Å². The van der Waals surface area contributed by atoms with Crippen molar-refractivity contribution in [3.63, 3.8) is 0 Å². The van der Waals surface area contributed by atoms with Crippen LogP contribution in [-0.2, 0) is 37.0 Å². The van der Waals surface area contributed by atoms with Crippen molar-refractivity contribution in [1.29, 1.82) is 0 Å². The zero-order valence-electron chi connectivity index (χ0n) is 53.4. The fraction of sp³-hybridized carbons (Fsp3) is 0.738. The van der Waals surface area contributed by atoms with Gasteiger partial charge in [-0.2, -0.15) is 65.9 Å². The molecule has 0 amide bonds. The zero-order chi connectivity index (χ0) is 68.1. The predicted molar refractivity (Wildman–Crippen MR) is 305 cm³/mol. The molecule has 7 nitrogen and oxygen atoms in total. The SMILES string of the molecule is CC1(C)c2cccc3c(C(C)(O)C(F)(F)F)ccc(c23)C1(C)C.CCC(C)(C)C(=O)OC1CC(C(C)(O)C(F)(F)F)CC(C(C)(O)C(F)(F)F)C1.CCC(C)(C)C1CCC(C(C)(O)C(F)(F)F)CC1.CCC(C)(C)c1ccc(C(C)(O)C(F)(F)F)cc1. The van der Waals surface area contributed by atoms with E-state index in [1.54, 1.807) is 51.1 Å². The maximum atomic E-state index is 13.3. The van der Waals surface area contributed by atoms with Gasteiger partial charge in [0.15, 0.2) is 28.0 Å². The molecule has 3 aromatic carbocycles. The molecule has 2 saturated carbocycles. The van der Waals surface area contributed by atoms with Gasteiger partial charge in [0.25, 0.3) is 0 Å². The van der Waals surface area contributed by atoms with Crippen molar-refractivity contribution in [2.75, 3.05) is 0 Å². The third-order valence-corrected chi connectivity index (χ3v) is 20.9. The lowest BCUT2D eigenvalue weighted by Crippen LogP contribution is -2.57. The monoisotopic (exact) mass is 1270 g/mol. The van der Waals surface area contributed by atoms with Crippen LogP contribution >= 0.6 is 0 Å². The Kier molecular flexibility index (Phi) is 22.8. The van der Waals surface area contributed by atoms with Crippen LogP contribution in [0.5, 0.6) is 0 Å². The Hall–Kier alpha value is -3.86. The first kappa shape index (κ1) is 77.4. The van der Waals surface area contributed by atoms with Crippen molar-refractivity contribution < 1.29 is 101 Å². The van der Waals surface area contributed by atoms with Gasteiger partial charge in [-0.25, -0.2) is 0 Å². The van der Waals surface area contributed by atoms with Crippen LogP contribution in [0.4, 0.5) is 65.9 Å². The molecule has 0 aromatic heterocycles. The fourth-order valence-electron chi connectivity index (χ4n) is 11.5. The van der Waals surface area contributed by atoms with E-state index < -0.39 is 113 Å². The summed E-state index contributed by atoms with van der Waals surface area (Å²) in [6, 6.07) is 14.6. The lowest BCUT2D eigenvalue weighted by molar-refractivity contribution is -0.299. The summed E-state index contributed by atoms with van der Waals surface area (Å²) in [6.45, 7) is 29.3. The average molecular weight is 1270 g/mol. The van der Waals surface area contributed by atoms with Gasteiger partial charge in [-0.15, -0.1) is 0 Å². The summed E-state index contributed by atoms with van der Waals surface area (Å²) < 4.78 is 201. The summed E-state index contributed by atoms with van der Waals surface area (Å²) >= 11 is 0. The second-order valence-corrected chi connectivity index (χ2v) is 28.3. The first-order chi connectivity index (χ1) is 38.6. The lowest BCUT2D eigenvalue weighted by Gasteiger charge is -2.46. The maximum absolute atomic E-state index is 13.3. The Labute approximate surface area is 503 Å². The van der Waals surface area contributed by atoms with Crippen molar-refractivity contribution in [1.82, 2.24) is 0 Å². The Morgan fingerprint density at radius 1 is 0.460 bits per heavy atom. The Bertz CT molecular complexity index is 2710. The minimum atomic E-state index is -5.10. The number of ether oxygens (including phenoxy) is 1. The lowest BCUT2D eigenvalue weighted by atomic mass is 9.65. The van der Waals surface area contributed by atoms with Crippen LogP contribution in [0.3, 0.4) is 0 Å². The van der Waals surface area contributed by atoms with Crippen LogP contribution in [-0.4, -0.2) is 85.3 Å². The number of alkyl halides is 15. The van der Waals surface area contributed by atoms with Gasteiger partial charge in [0.1, 0.15) is 6.10 Å². The average Bonchev–Trinajstić information content (AvgIpc) is 1.58. The van der Waals surface area contributed by atoms with Gasteiger partial charge in [0.05, 0.1) is 5.41 Å². The van der Waals surface area contributed by atoms with E-state index in [0.29, 0.717) is 44.4 Å². The molecule has 5 N–H and O–H groups in total. The molecular formula is C65H93F15O7. The molecule has 0 spiro atoms. The second kappa shape index (κ2) is 25.7. The number of esters is 1. The Morgan fingerprint density at radius 3 is 1.21 bits per heavy atom. The summed E-state index contributed by atoms with van der Waals surface area (Å²) in [6.07, 6.45) is -22.2. The van der Waals surface area contributed by atoms with Crippen molar-refractivity contribution in [3.8, 4) is 0 Å². The van der Waals surface area contributed by atoms with E-state index in [9.17, 15) is 96.2 Å². The summed E-state index contributed by atoms with van der Waals surface area (Å²) in [7, 11) is 0. The highest BCUT2D eigenvalue weighted by Gasteiger charge is 2.63. The topological polar surface area (TPSA) is 127 Å².